The monoisotopic (exact) mass is 263 g/mol. The molecule has 0 atom stereocenters. The van der Waals surface area contributed by atoms with Gasteiger partial charge >= 0.3 is 16.5 Å². The van der Waals surface area contributed by atoms with Crippen LogP contribution in [0.3, 0.4) is 0 Å². The molecule has 0 aliphatic heterocycles. The maximum atomic E-state index is 5.35. The molecule has 80 valence electrons. The Balaban J connectivity index is 0. The molecule has 1 nitrogen and oxygen atoms in total. The molecular weight excluding hydrogens is 245 g/mol. The zero-order chi connectivity index (χ0) is 9.23. The summed E-state index contributed by atoms with van der Waals surface area (Å²) in [5.41, 5.74) is 5.35. The molecule has 0 fully saturated rings. The van der Waals surface area contributed by atoms with Gasteiger partial charge in [0.15, 0.2) is 0 Å². The molecule has 0 aliphatic rings. The quantitative estimate of drug-likeness (QED) is 0.434. The van der Waals surface area contributed by atoms with Gasteiger partial charge in [-0.1, -0.05) is 63.0 Å². The first kappa shape index (κ1) is 16.2. The molecule has 0 heterocycles. The molecule has 0 amide bonds. The number of hydrogen-bond acceptors (Lipinski definition) is 2. The van der Waals surface area contributed by atoms with Crippen molar-refractivity contribution in [3.8, 4) is 0 Å². The summed E-state index contributed by atoms with van der Waals surface area (Å²) in [7, 11) is 0. The van der Waals surface area contributed by atoms with Gasteiger partial charge in [0.05, 0.1) is 0 Å². The second kappa shape index (κ2) is 12.7. The number of nitrogens with two attached hydrogens (primary N) is 1. The van der Waals surface area contributed by atoms with Gasteiger partial charge in [-0.05, 0) is 6.42 Å². The van der Waals surface area contributed by atoms with E-state index in [1.54, 1.807) is 11.8 Å². The van der Waals surface area contributed by atoms with Crippen molar-refractivity contribution in [1.29, 1.82) is 0 Å². The van der Waals surface area contributed by atoms with Crippen LogP contribution < -0.4 is 5.73 Å². The summed E-state index contributed by atoms with van der Waals surface area (Å²) in [6.45, 7) is 2.24. The average molecular weight is 264 g/mol. The molecule has 2 N–H and O–H groups in total. The van der Waals surface area contributed by atoms with E-state index in [-0.39, 0.29) is 16.5 Å². The third kappa shape index (κ3) is 15.5. The second-order valence-corrected chi connectivity index (χ2v) is 4.77. The molecule has 0 saturated carbocycles. The van der Waals surface area contributed by atoms with Gasteiger partial charge in [0.25, 0.3) is 0 Å². The minimum Gasteiger partial charge on any atom is -0.385 e. The summed E-state index contributed by atoms with van der Waals surface area (Å²) >= 11 is 6.36. The maximum Gasteiger partial charge on any atom is 2.00 e. The first-order chi connectivity index (χ1) is 5.77. The summed E-state index contributed by atoms with van der Waals surface area (Å²) in [4.78, 5) is 0. The summed E-state index contributed by atoms with van der Waals surface area (Å²) < 4.78 is 0.587. The topological polar surface area (TPSA) is 26.0 Å². The van der Waals surface area contributed by atoms with Crippen molar-refractivity contribution in [2.24, 2.45) is 5.73 Å². The molecule has 0 aromatic rings. The third-order valence-corrected chi connectivity index (χ3v) is 2.87. The fraction of sp³-hybridized carbons (Fsp3) is 0.889. The molecule has 0 aromatic carbocycles. The number of rotatable bonds is 7. The molecule has 0 radical (unpaired) electrons. The minimum atomic E-state index is 0. The van der Waals surface area contributed by atoms with E-state index in [0.717, 1.165) is 5.75 Å². The van der Waals surface area contributed by atoms with Crippen molar-refractivity contribution in [2.75, 3.05) is 5.75 Å². The number of unbranched alkanes of at least 4 members (excludes halogenated alkanes) is 5. The maximum absolute atomic E-state index is 5.35. The molecular formula is C9H19NNiS2+2. The van der Waals surface area contributed by atoms with Crippen LogP contribution in [0.5, 0.6) is 0 Å². The predicted octanol–water partition coefficient (Wildman–Crippen LogP) is 3.32. The van der Waals surface area contributed by atoms with Crippen LogP contribution in [-0.2, 0) is 16.5 Å². The Kier molecular flexibility index (Phi) is 15.8. The van der Waals surface area contributed by atoms with Crippen LogP contribution >= 0.6 is 24.0 Å². The molecule has 0 aromatic heterocycles. The Morgan fingerprint density at radius 1 is 1.15 bits per heavy atom. The van der Waals surface area contributed by atoms with E-state index in [2.05, 4.69) is 6.92 Å². The van der Waals surface area contributed by atoms with Crippen LogP contribution in [0, 0.1) is 0 Å². The number of thioether (sulfide) groups is 1. The molecule has 0 saturated heterocycles. The number of thiocarbonyl (C=S) groups is 1. The Morgan fingerprint density at radius 2 is 1.69 bits per heavy atom. The zero-order valence-corrected chi connectivity index (χ0v) is 10.8. The first-order valence-electron chi connectivity index (χ1n) is 4.69. The van der Waals surface area contributed by atoms with Gasteiger partial charge in [0.2, 0.25) is 0 Å². The van der Waals surface area contributed by atoms with Gasteiger partial charge in [0.1, 0.15) is 4.32 Å². The van der Waals surface area contributed by atoms with Crippen LogP contribution in [0.15, 0.2) is 0 Å². The van der Waals surface area contributed by atoms with Crippen molar-refractivity contribution in [3.63, 3.8) is 0 Å². The Bertz CT molecular complexity index is 120. The molecule has 0 bridgehead atoms. The van der Waals surface area contributed by atoms with Crippen molar-refractivity contribution >= 4 is 28.3 Å². The van der Waals surface area contributed by atoms with Gasteiger partial charge < -0.3 is 5.73 Å². The first-order valence-corrected chi connectivity index (χ1v) is 6.09. The van der Waals surface area contributed by atoms with E-state index >= 15 is 0 Å². The standard InChI is InChI=1S/C9H19NS2.Ni/c1-2-3-4-5-6-7-8-12-9(10)11;/h2-8H2,1H3,(H2,10,11);/q;+2. The van der Waals surface area contributed by atoms with Crippen molar-refractivity contribution < 1.29 is 16.5 Å². The van der Waals surface area contributed by atoms with Crippen molar-refractivity contribution in [3.05, 3.63) is 0 Å². The molecule has 0 spiro atoms. The smallest absolute Gasteiger partial charge is 0.385 e. The van der Waals surface area contributed by atoms with E-state index in [9.17, 15) is 0 Å². The molecule has 0 aliphatic carbocycles. The van der Waals surface area contributed by atoms with E-state index in [4.69, 9.17) is 18.0 Å². The van der Waals surface area contributed by atoms with E-state index in [0.29, 0.717) is 4.32 Å². The fourth-order valence-corrected chi connectivity index (χ4v) is 1.85. The molecule has 4 heteroatoms. The van der Waals surface area contributed by atoms with Crippen LogP contribution in [-0.4, -0.2) is 10.1 Å². The second-order valence-electron chi connectivity index (χ2n) is 2.94. The molecule has 0 rings (SSSR count). The fourth-order valence-electron chi connectivity index (χ4n) is 1.06. The summed E-state index contributed by atoms with van der Waals surface area (Å²) in [6, 6.07) is 0. The molecule has 13 heavy (non-hydrogen) atoms. The molecule has 0 unspecified atom stereocenters. The van der Waals surface area contributed by atoms with Crippen LogP contribution in [0.1, 0.15) is 45.4 Å². The minimum absolute atomic E-state index is 0. The SMILES string of the molecule is CCCCCCCCSC(N)=S.[Ni+2]. The van der Waals surface area contributed by atoms with Crippen molar-refractivity contribution in [1.82, 2.24) is 0 Å². The van der Waals surface area contributed by atoms with E-state index < -0.39 is 0 Å². The average Bonchev–Trinajstić information content (AvgIpc) is 2.02. The van der Waals surface area contributed by atoms with E-state index in [1.807, 2.05) is 0 Å². The Labute approximate surface area is 102 Å². The third-order valence-electron chi connectivity index (χ3n) is 1.74. The van der Waals surface area contributed by atoms with Crippen molar-refractivity contribution in [2.45, 2.75) is 45.4 Å². The van der Waals surface area contributed by atoms with Gasteiger partial charge in [-0.2, -0.15) is 0 Å². The predicted molar refractivity (Wildman–Crippen MR) is 62.6 cm³/mol. The zero-order valence-electron chi connectivity index (χ0n) is 8.16. The van der Waals surface area contributed by atoms with Gasteiger partial charge in [-0.25, -0.2) is 0 Å². The van der Waals surface area contributed by atoms with E-state index in [1.165, 1.54) is 38.5 Å². The Morgan fingerprint density at radius 3 is 2.23 bits per heavy atom. The summed E-state index contributed by atoms with van der Waals surface area (Å²) in [5, 5.41) is 0. The summed E-state index contributed by atoms with van der Waals surface area (Å²) in [5.74, 6) is 1.10. The van der Waals surface area contributed by atoms with Gasteiger partial charge in [-0.3, -0.25) is 0 Å². The van der Waals surface area contributed by atoms with Gasteiger partial charge in [0, 0.05) is 5.75 Å². The number of hydrogen-bond donors (Lipinski definition) is 1. The Hall–Kier alpha value is 0.734. The normalized spacial score (nSPS) is 9.31. The van der Waals surface area contributed by atoms with Crippen LogP contribution in [0.25, 0.3) is 0 Å². The largest absolute Gasteiger partial charge is 2.00 e. The summed E-state index contributed by atoms with van der Waals surface area (Å²) in [6.07, 6.45) is 8.03. The van der Waals surface area contributed by atoms with Gasteiger partial charge in [-0.15, -0.1) is 0 Å². The van der Waals surface area contributed by atoms with Crippen LogP contribution in [0.4, 0.5) is 0 Å². The van der Waals surface area contributed by atoms with Crippen LogP contribution in [0.2, 0.25) is 0 Å².